The van der Waals surface area contributed by atoms with E-state index in [1.165, 1.54) is 0 Å². The molecule has 0 saturated carbocycles. The number of hydrogen-bond acceptors (Lipinski definition) is 3. The van der Waals surface area contributed by atoms with Crippen molar-refractivity contribution in [3.63, 3.8) is 0 Å². The summed E-state index contributed by atoms with van der Waals surface area (Å²) in [6.45, 7) is 2.44. The van der Waals surface area contributed by atoms with E-state index >= 15 is 0 Å². The molecule has 0 radical (unpaired) electrons. The van der Waals surface area contributed by atoms with Crippen LogP contribution in [0.5, 0.6) is 5.88 Å². The van der Waals surface area contributed by atoms with E-state index in [9.17, 15) is 4.79 Å². The molecule has 3 heterocycles. The van der Waals surface area contributed by atoms with Crippen LogP contribution in [-0.2, 0) is 0 Å². The summed E-state index contributed by atoms with van der Waals surface area (Å²) in [5.74, 6) is 0.458. The zero-order valence-electron chi connectivity index (χ0n) is 13.3. The number of hydrogen-bond donors (Lipinski definition) is 0. The molecule has 1 aromatic carbocycles. The zero-order chi connectivity index (χ0) is 16.5. The Hall–Kier alpha value is -3.08. The molecular formula is C19H17N3O2. The molecule has 4 rings (SSSR count). The molecular weight excluding hydrogens is 302 g/mol. The van der Waals surface area contributed by atoms with E-state index < -0.39 is 0 Å². The van der Waals surface area contributed by atoms with Crippen LogP contribution >= 0.6 is 0 Å². The van der Waals surface area contributed by atoms with E-state index in [1.54, 1.807) is 11.1 Å². The van der Waals surface area contributed by atoms with Crippen molar-refractivity contribution < 1.29 is 9.53 Å². The quantitative estimate of drug-likeness (QED) is 0.728. The van der Waals surface area contributed by atoms with E-state index in [2.05, 4.69) is 4.98 Å². The minimum atomic E-state index is -0.0935. The van der Waals surface area contributed by atoms with Crippen molar-refractivity contribution in [3.05, 3.63) is 72.7 Å². The van der Waals surface area contributed by atoms with E-state index in [0.29, 0.717) is 23.7 Å². The Morgan fingerprint density at radius 2 is 2.00 bits per heavy atom. The SMILES string of the molecule is CC1CN(C(=O)c2cccc(-n3cccc3)c2)c2cccnc2O1. The highest BCUT2D eigenvalue weighted by Crippen LogP contribution is 2.32. The fourth-order valence-electron chi connectivity index (χ4n) is 2.92. The Kier molecular flexibility index (Phi) is 3.54. The third-order valence-electron chi connectivity index (χ3n) is 4.04. The number of anilines is 1. The first kappa shape index (κ1) is 14.5. The maximum Gasteiger partial charge on any atom is 0.258 e. The van der Waals surface area contributed by atoms with Gasteiger partial charge < -0.3 is 9.30 Å². The Morgan fingerprint density at radius 1 is 1.17 bits per heavy atom. The van der Waals surface area contributed by atoms with Gasteiger partial charge in [-0.25, -0.2) is 4.98 Å². The fraction of sp³-hybridized carbons (Fsp3) is 0.158. The number of carbonyl (C=O) groups excluding carboxylic acids is 1. The second-order valence-corrected chi connectivity index (χ2v) is 5.81. The summed E-state index contributed by atoms with van der Waals surface area (Å²) in [6, 6.07) is 15.2. The molecule has 0 bridgehead atoms. The topological polar surface area (TPSA) is 47.4 Å². The molecule has 0 N–H and O–H groups in total. The highest BCUT2D eigenvalue weighted by molar-refractivity contribution is 6.07. The lowest BCUT2D eigenvalue weighted by molar-refractivity contribution is 0.0958. The Labute approximate surface area is 140 Å². The molecule has 1 atom stereocenters. The molecule has 0 fully saturated rings. The van der Waals surface area contributed by atoms with Gasteiger partial charge in [0, 0.05) is 29.8 Å². The number of amides is 1. The van der Waals surface area contributed by atoms with Crippen molar-refractivity contribution in [2.45, 2.75) is 13.0 Å². The summed E-state index contributed by atoms with van der Waals surface area (Å²) in [7, 11) is 0. The predicted octanol–water partition coefficient (Wildman–Crippen LogP) is 3.30. The fourth-order valence-corrected chi connectivity index (χ4v) is 2.92. The van der Waals surface area contributed by atoms with Crippen molar-refractivity contribution in [2.75, 3.05) is 11.4 Å². The summed E-state index contributed by atoms with van der Waals surface area (Å²) in [6.07, 6.45) is 5.50. The van der Waals surface area contributed by atoms with Gasteiger partial charge in [0.05, 0.1) is 6.54 Å². The van der Waals surface area contributed by atoms with Crippen LogP contribution in [0, 0.1) is 0 Å². The van der Waals surface area contributed by atoms with Crippen LogP contribution in [0.4, 0.5) is 5.69 Å². The second-order valence-electron chi connectivity index (χ2n) is 5.81. The van der Waals surface area contributed by atoms with Crippen molar-refractivity contribution >= 4 is 11.6 Å². The first-order chi connectivity index (χ1) is 11.7. The molecule has 5 nitrogen and oxygen atoms in total. The van der Waals surface area contributed by atoms with Gasteiger partial charge in [0.1, 0.15) is 11.8 Å². The molecule has 1 aliphatic rings. The maximum atomic E-state index is 13.1. The van der Waals surface area contributed by atoms with Crippen LogP contribution in [0.25, 0.3) is 5.69 Å². The van der Waals surface area contributed by atoms with Crippen molar-refractivity contribution in [3.8, 4) is 11.6 Å². The van der Waals surface area contributed by atoms with E-state index in [0.717, 1.165) is 5.69 Å². The van der Waals surface area contributed by atoms with Crippen LogP contribution in [0.2, 0.25) is 0 Å². The molecule has 1 unspecified atom stereocenters. The van der Waals surface area contributed by atoms with Gasteiger partial charge in [0.15, 0.2) is 0 Å². The largest absolute Gasteiger partial charge is 0.471 e. The molecule has 5 heteroatoms. The third-order valence-corrected chi connectivity index (χ3v) is 4.04. The Balaban J connectivity index is 1.71. The third kappa shape index (κ3) is 2.54. The lowest BCUT2D eigenvalue weighted by Crippen LogP contribution is -2.42. The number of carbonyl (C=O) groups is 1. The van der Waals surface area contributed by atoms with Gasteiger partial charge >= 0.3 is 0 Å². The van der Waals surface area contributed by atoms with E-state index in [-0.39, 0.29) is 12.0 Å². The van der Waals surface area contributed by atoms with Gasteiger partial charge in [0.2, 0.25) is 5.88 Å². The molecule has 24 heavy (non-hydrogen) atoms. The van der Waals surface area contributed by atoms with Crippen molar-refractivity contribution in [1.82, 2.24) is 9.55 Å². The number of rotatable bonds is 2. The maximum absolute atomic E-state index is 13.1. The second kappa shape index (κ2) is 5.85. The summed E-state index contributed by atoms with van der Waals surface area (Å²) in [5.41, 5.74) is 2.32. The number of ether oxygens (including phenoxy) is 1. The van der Waals surface area contributed by atoms with Gasteiger partial charge in [-0.3, -0.25) is 9.69 Å². The summed E-state index contributed by atoms with van der Waals surface area (Å²) in [5, 5.41) is 0. The molecule has 0 spiro atoms. The summed E-state index contributed by atoms with van der Waals surface area (Å²) in [4.78, 5) is 19.0. The van der Waals surface area contributed by atoms with Gasteiger partial charge in [-0.2, -0.15) is 0 Å². The smallest absolute Gasteiger partial charge is 0.258 e. The molecule has 1 amide bonds. The number of nitrogens with zero attached hydrogens (tertiary/aromatic N) is 3. The standard InChI is InChI=1S/C19H17N3O2/c1-14-13-22(17-8-5-9-20-18(17)24-14)19(23)15-6-4-7-16(12-15)21-10-2-3-11-21/h2-12,14H,13H2,1H3. The molecule has 2 aromatic heterocycles. The van der Waals surface area contributed by atoms with Crippen molar-refractivity contribution in [1.29, 1.82) is 0 Å². The zero-order valence-corrected chi connectivity index (χ0v) is 13.3. The molecule has 0 saturated heterocycles. The first-order valence-electron chi connectivity index (χ1n) is 7.89. The van der Waals surface area contributed by atoms with Gasteiger partial charge in [-0.15, -0.1) is 0 Å². The summed E-state index contributed by atoms with van der Waals surface area (Å²) >= 11 is 0. The first-order valence-corrected chi connectivity index (χ1v) is 7.89. The molecule has 0 aliphatic carbocycles. The lowest BCUT2D eigenvalue weighted by Gasteiger charge is -2.32. The number of aromatic nitrogens is 2. The van der Waals surface area contributed by atoms with Gasteiger partial charge in [0.25, 0.3) is 5.91 Å². The molecule has 1 aliphatic heterocycles. The van der Waals surface area contributed by atoms with Crippen LogP contribution in [0.1, 0.15) is 17.3 Å². The van der Waals surface area contributed by atoms with E-state index in [4.69, 9.17) is 4.74 Å². The monoisotopic (exact) mass is 319 g/mol. The van der Waals surface area contributed by atoms with E-state index in [1.807, 2.05) is 72.4 Å². The average molecular weight is 319 g/mol. The molecule has 120 valence electrons. The minimum Gasteiger partial charge on any atom is -0.471 e. The number of benzene rings is 1. The highest BCUT2D eigenvalue weighted by Gasteiger charge is 2.29. The van der Waals surface area contributed by atoms with Gasteiger partial charge in [-0.1, -0.05) is 6.07 Å². The average Bonchev–Trinajstić information content (AvgIpc) is 3.15. The van der Waals surface area contributed by atoms with Crippen LogP contribution < -0.4 is 9.64 Å². The summed E-state index contributed by atoms with van der Waals surface area (Å²) < 4.78 is 7.70. The number of pyridine rings is 1. The molecule has 3 aromatic rings. The van der Waals surface area contributed by atoms with Crippen LogP contribution in [0.15, 0.2) is 67.1 Å². The van der Waals surface area contributed by atoms with Crippen LogP contribution in [-0.4, -0.2) is 28.1 Å². The predicted molar refractivity (Wildman–Crippen MR) is 91.8 cm³/mol. The normalized spacial score (nSPS) is 16.4. The Morgan fingerprint density at radius 3 is 2.83 bits per heavy atom. The van der Waals surface area contributed by atoms with Crippen molar-refractivity contribution in [2.24, 2.45) is 0 Å². The highest BCUT2D eigenvalue weighted by atomic mass is 16.5. The van der Waals surface area contributed by atoms with Gasteiger partial charge in [-0.05, 0) is 49.4 Å². The minimum absolute atomic E-state index is 0.0478. The van der Waals surface area contributed by atoms with Crippen LogP contribution in [0.3, 0.4) is 0 Å². The number of fused-ring (bicyclic) bond motifs is 1. The Bertz CT molecular complexity index is 874. The lowest BCUT2D eigenvalue weighted by atomic mass is 10.1.